The van der Waals surface area contributed by atoms with Crippen molar-refractivity contribution in [3.8, 4) is 0 Å². The Morgan fingerprint density at radius 2 is 1.86 bits per heavy atom. The third kappa shape index (κ3) is 3.20. The van der Waals surface area contributed by atoms with Gasteiger partial charge in [-0.05, 0) is 18.1 Å². The minimum Gasteiger partial charge on any atom is -0.390 e. The molecule has 0 spiro atoms. The van der Waals surface area contributed by atoms with Crippen molar-refractivity contribution in [2.24, 2.45) is 14.1 Å². The van der Waals surface area contributed by atoms with Crippen molar-refractivity contribution in [2.45, 2.75) is 19.5 Å². The lowest BCUT2D eigenvalue weighted by atomic mass is 10.1. The Hall–Kier alpha value is -3.76. The molecule has 0 saturated carbocycles. The zero-order valence-corrected chi connectivity index (χ0v) is 15.7. The minimum absolute atomic E-state index is 0.0219. The largest absolute Gasteiger partial charge is 0.437 e. The van der Waals surface area contributed by atoms with Crippen molar-refractivity contribution >= 4 is 11.2 Å². The molecule has 0 bridgehead atoms. The van der Waals surface area contributed by atoms with E-state index >= 15 is 0 Å². The summed E-state index contributed by atoms with van der Waals surface area (Å²) >= 11 is 0. The second-order valence-electron chi connectivity index (χ2n) is 6.58. The molecule has 0 aliphatic rings. The van der Waals surface area contributed by atoms with Gasteiger partial charge in [-0.15, -0.1) is 5.10 Å². The van der Waals surface area contributed by atoms with Gasteiger partial charge in [0.1, 0.15) is 12.4 Å². The van der Waals surface area contributed by atoms with E-state index in [0.717, 1.165) is 9.25 Å². The number of rotatable bonds is 5. The fraction of sp³-hybridized carbons (Fsp3) is 0.278. The maximum absolute atomic E-state index is 13.7. The number of hydrogen-bond acceptors (Lipinski definition) is 6. The van der Waals surface area contributed by atoms with Crippen molar-refractivity contribution in [1.29, 1.82) is 0 Å². The van der Waals surface area contributed by atoms with Gasteiger partial charge >= 0.3 is 11.4 Å². The number of aromatic nitrogens is 6. The summed E-state index contributed by atoms with van der Waals surface area (Å²) in [6, 6.07) is 6.30. The predicted molar refractivity (Wildman–Crippen MR) is 100 cm³/mol. The van der Waals surface area contributed by atoms with Crippen molar-refractivity contribution in [3.05, 3.63) is 79.3 Å². The number of fused-ring (bicyclic) bond motifs is 1. The predicted octanol–water partition coefficient (Wildman–Crippen LogP) is 0.0135. The molecule has 0 unspecified atom stereocenters. The molecule has 29 heavy (non-hydrogen) atoms. The first kappa shape index (κ1) is 18.6. The summed E-state index contributed by atoms with van der Waals surface area (Å²) < 4.78 is 23.7. The lowest BCUT2D eigenvalue weighted by Gasteiger charge is -2.04. The van der Waals surface area contributed by atoms with Gasteiger partial charge in [-0.2, -0.15) is 4.68 Å². The molecular weight excluding hydrogens is 383 g/mol. The molecular formula is C18H17FN6O4. The summed E-state index contributed by atoms with van der Waals surface area (Å²) in [6.45, 7) is 0.121. The Bertz CT molecular complexity index is 1390. The number of aryl methyl sites for hydroxylation is 3. The van der Waals surface area contributed by atoms with E-state index in [2.05, 4.69) is 10.1 Å². The van der Waals surface area contributed by atoms with Crippen LogP contribution in [0.3, 0.4) is 0 Å². The normalized spacial score (nSPS) is 11.4. The highest BCUT2D eigenvalue weighted by atomic mass is 19.1. The maximum atomic E-state index is 13.7. The van der Waals surface area contributed by atoms with E-state index in [0.29, 0.717) is 5.56 Å². The molecule has 0 fully saturated rings. The molecule has 0 radical (unpaired) electrons. The monoisotopic (exact) mass is 400 g/mol. The first-order valence-electron chi connectivity index (χ1n) is 8.78. The molecule has 11 heteroatoms. The van der Waals surface area contributed by atoms with Crippen LogP contribution < -0.4 is 17.0 Å². The third-order valence-electron chi connectivity index (χ3n) is 4.72. The van der Waals surface area contributed by atoms with E-state index in [9.17, 15) is 18.8 Å². The lowest BCUT2D eigenvalue weighted by Crippen LogP contribution is -2.37. The van der Waals surface area contributed by atoms with E-state index in [-0.39, 0.29) is 42.4 Å². The Morgan fingerprint density at radius 3 is 2.62 bits per heavy atom. The third-order valence-corrected chi connectivity index (χ3v) is 4.72. The van der Waals surface area contributed by atoms with Crippen LogP contribution in [-0.4, -0.2) is 28.5 Å². The summed E-state index contributed by atoms with van der Waals surface area (Å²) in [7, 11) is 2.89. The SMILES string of the molecule is Cn1c(=O)c2c(ncn2Cc2nn(CCc3ccccc3F)c(=O)o2)n(C)c1=O. The van der Waals surface area contributed by atoms with Crippen LogP contribution in [0, 0.1) is 5.82 Å². The molecule has 0 amide bonds. The summed E-state index contributed by atoms with van der Waals surface area (Å²) in [4.78, 5) is 40.6. The van der Waals surface area contributed by atoms with Gasteiger partial charge in [0.15, 0.2) is 11.2 Å². The standard InChI is InChI=1S/C18H17FN6O4/c1-22-15-14(16(26)23(2)17(22)27)24(10-20-15)9-13-21-25(18(28)29-13)8-7-11-5-3-4-6-12(11)19/h3-6,10H,7-9H2,1-2H3. The highest BCUT2D eigenvalue weighted by Gasteiger charge is 2.17. The highest BCUT2D eigenvalue weighted by Crippen LogP contribution is 2.09. The molecule has 1 aromatic carbocycles. The molecule has 0 saturated heterocycles. The second kappa shape index (κ2) is 7.00. The average molecular weight is 400 g/mol. The molecule has 150 valence electrons. The van der Waals surface area contributed by atoms with E-state index in [1.165, 1.54) is 35.6 Å². The molecule has 3 aromatic heterocycles. The topological polar surface area (TPSA) is 110 Å². The molecule has 0 atom stereocenters. The summed E-state index contributed by atoms with van der Waals surface area (Å²) in [5, 5.41) is 4.12. The van der Waals surface area contributed by atoms with Crippen LogP contribution in [0.5, 0.6) is 0 Å². The number of benzene rings is 1. The molecule has 10 nitrogen and oxygen atoms in total. The summed E-state index contributed by atoms with van der Waals surface area (Å²) in [5.41, 5.74) is -0.120. The van der Waals surface area contributed by atoms with Crippen LogP contribution in [-0.2, 0) is 33.6 Å². The van der Waals surface area contributed by atoms with Crippen LogP contribution >= 0.6 is 0 Å². The van der Waals surface area contributed by atoms with Crippen molar-refractivity contribution < 1.29 is 8.81 Å². The van der Waals surface area contributed by atoms with Crippen molar-refractivity contribution in [3.63, 3.8) is 0 Å². The summed E-state index contributed by atoms with van der Waals surface area (Å²) in [5.74, 6) is -0.963. The smallest absolute Gasteiger partial charge is 0.390 e. The van der Waals surface area contributed by atoms with Crippen LogP contribution in [0.1, 0.15) is 11.5 Å². The Labute approximate surface area is 162 Å². The minimum atomic E-state index is -0.680. The second-order valence-corrected chi connectivity index (χ2v) is 6.58. The van der Waals surface area contributed by atoms with Crippen molar-refractivity contribution in [2.75, 3.05) is 0 Å². The van der Waals surface area contributed by atoms with Crippen LogP contribution in [0.2, 0.25) is 0 Å². The van der Waals surface area contributed by atoms with E-state index < -0.39 is 17.0 Å². The lowest BCUT2D eigenvalue weighted by molar-refractivity contribution is 0.437. The Balaban J connectivity index is 1.63. The van der Waals surface area contributed by atoms with Gasteiger partial charge in [0, 0.05) is 14.1 Å². The molecule has 0 N–H and O–H groups in total. The van der Waals surface area contributed by atoms with Gasteiger partial charge in [0.25, 0.3) is 5.56 Å². The zero-order valence-electron chi connectivity index (χ0n) is 15.7. The quantitative estimate of drug-likeness (QED) is 0.467. The summed E-state index contributed by atoms with van der Waals surface area (Å²) in [6.07, 6.45) is 1.65. The molecule has 4 aromatic rings. The molecule has 0 aliphatic heterocycles. The van der Waals surface area contributed by atoms with Crippen LogP contribution in [0.4, 0.5) is 4.39 Å². The molecule has 0 aliphatic carbocycles. The fourth-order valence-electron chi connectivity index (χ4n) is 3.14. The average Bonchev–Trinajstić information content (AvgIpc) is 3.27. The molecule has 3 heterocycles. The van der Waals surface area contributed by atoms with Gasteiger partial charge in [0.2, 0.25) is 5.89 Å². The van der Waals surface area contributed by atoms with Gasteiger partial charge in [-0.3, -0.25) is 13.9 Å². The zero-order chi connectivity index (χ0) is 20.7. The maximum Gasteiger partial charge on any atom is 0.437 e. The highest BCUT2D eigenvalue weighted by molar-refractivity contribution is 5.70. The van der Waals surface area contributed by atoms with E-state index in [4.69, 9.17) is 4.42 Å². The molecule has 4 rings (SSSR count). The van der Waals surface area contributed by atoms with E-state index in [1.807, 2.05) is 0 Å². The first-order chi connectivity index (χ1) is 13.9. The fourth-order valence-corrected chi connectivity index (χ4v) is 3.14. The van der Waals surface area contributed by atoms with Gasteiger partial charge in [0.05, 0.1) is 12.9 Å². The number of imidazole rings is 1. The van der Waals surface area contributed by atoms with Crippen LogP contribution in [0.15, 0.2) is 49.4 Å². The number of hydrogen-bond donors (Lipinski definition) is 0. The van der Waals surface area contributed by atoms with Crippen LogP contribution in [0.25, 0.3) is 11.2 Å². The first-order valence-corrected chi connectivity index (χ1v) is 8.78. The number of halogens is 1. The van der Waals surface area contributed by atoms with Gasteiger partial charge < -0.3 is 8.98 Å². The van der Waals surface area contributed by atoms with Gasteiger partial charge in [-0.25, -0.2) is 19.0 Å². The van der Waals surface area contributed by atoms with Crippen molar-refractivity contribution in [1.82, 2.24) is 28.5 Å². The van der Waals surface area contributed by atoms with Gasteiger partial charge in [-0.1, -0.05) is 18.2 Å². The Morgan fingerprint density at radius 1 is 1.10 bits per heavy atom. The number of nitrogens with zero attached hydrogens (tertiary/aromatic N) is 6. The van der Waals surface area contributed by atoms with E-state index in [1.54, 1.807) is 18.2 Å². The Kier molecular flexibility index (Phi) is 4.49.